The number of hydrogen-bond donors (Lipinski definition) is 0. The first-order valence-electron chi connectivity index (χ1n) is 16.3. The molecule has 3 aliphatic rings. The molecule has 5 rings (SSSR count). The number of methoxy groups -OCH3 is 1. The van der Waals surface area contributed by atoms with E-state index >= 15 is 0 Å². The molecular weight excluding hydrogens is 524 g/mol. The molecule has 2 amide bonds. The number of para-hydroxylation sites is 1. The predicted octanol–water partition coefficient (Wildman–Crippen LogP) is 6.10. The van der Waals surface area contributed by atoms with E-state index in [-0.39, 0.29) is 11.8 Å². The molecule has 2 saturated heterocycles. The van der Waals surface area contributed by atoms with Gasteiger partial charge in [0, 0.05) is 62.5 Å². The molecule has 3 aliphatic heterocycles. The first kappa shape index (κ1) is 30.6. The maximum atomic E-state index is 13.6. The summed E-state index contributed by atoms with van der Waals surface area (Å²) >= 11 is 0. The van der Waals surface area contributed by atoms with Crippen LogP contribution in [0.3, 0.4) is 0 Å². The molecule has 7 heteroatoms. The zero-order chi connectivity index (χ0) is 29.3. The molecule has 228 valence electrons. The normalized spacial score (nSPS) is 20.3. The fourth-order valence-electron chi connectivity index (χ4n) is 7.09. The minimum Gasteiger partial charge on any atom is -0.496 e. The molecule has 0 N–H and O–H groups in total. The highest BCUT2D eigenvalue weighted by atomic mass is 16.5. The Labute approximate surface area is 252 Å². The number of benzene rings is 2. The van der Waals surface area contributed by atoms with Crippen molar-refractivity contribution < 1.29 is 14.3 Å². The van der Waals surface area contributed by atoms with Gasteiger partial charge in [0.1, 0.15) is 5.75 Å². The fourth-order valence-corrected chi connectivity index (χ4v) is 7.09. The van der Waals surface area contributed by atoms with Crippen molar-refractivity contribution in [2.45, 2.75) is 90.3 Å². The molecule has 2 aromatic carbocycles. The lowest BCUT2D eigenvalue weighted by Crippen LogP contribution is -2.47. The molecule has 7 nitrogen and oxygen atoms in total. The molecule has 0 radical (unpaired) electrons. The van der Waals surface area contributed by atoms with E-state index < -0.39 is 0 Å². The van der Waals surface area contributed by atoms with Crippen LogP contribution in [0.5, 0.6) is 5.75 Å². The van der Waals surface area contributed by atoms with Crippen LogP contribution in [0.1, 0.15) is 92.6 Å². The zero-order valence-electron chi connectivity index (χ0n) is 25.9. The number of carbonyl (C=O) groups is 2. The van der Waals surface area contributed by atoms with Crippen LogP contribution in [0, 0.1) is 0 Å². The monoisotopic (exact) mass is 574 g/mol. The Morgan fingerprint density at radius 3 is 2.19 bits per heavy atom. The molecular formula is C35H50N4O3. The third-order valence-electron chi connectivity index (χ3n) is 9.50. The van der Waals surface area contributed by atoms with Crippen molar-refractivity contribution in [3.8, 4) is 5.75 Å². The first-order valence-corrected chi connectivity index (χ1v) is 16.3. The predicted molar refractivity (Wildman–Crippen MR) is 169 cm³/mol. The standard InChI is InChI=1S/C35H50N4O3/c1-28(40)39-22-10-6-4-3-5-9-21-38(27-30-13-7-8-14-33(30)39)32-17-23-37(24-18-32)35(41)29-15-16-34(42-2)31(25-29)26-36-19-11-12-20-36/h7-8,13-16,25,32H,3-6,9-12,17-24,26-27H2,1-2H3. The molecule has 42 heavy (non-hydrogen) atoms. The van der Waals surface area contributed by atoms with Gasteiger partial charge in [-0.2, -0.15) is 0 Å². The van der Waals surface area contributed by atoms with Crippen LogP contribution >= 0.6 is 0 Å². The number of ether oxygens (including phenoxy) is 1. The van der Waals surface area contributed by atoms with E-state index in [1.54, 1.807) is 14.0 Å². The molecule has 2 aromatic rings. The van der Waals surface area contributed by atoms with Crippen LogP contribution in [0.2, 0.25) is 0 Å². The van der Waals surface area contributed by atoms with E-state index in [0.29, 0.717) is 6.04 Å². The van der Waals surface area contributed by atoms with Crippen LogP contribution < -0.4 is 9.64 Å². The number of piperidine rings is 1. The SMILES string of the molecule is COc1ccc(C(=O)N2CCC(N3CCCCCCCCN(C(C)=O)c4ccccc4C3)CC2)cc1CN1CCCC1. The largest absolute Gasteiger partial charge is 0.496 e. The van der Waals surface area contributed by atoms with Gasteiger partial charge in [0.2, 0.25) is 5.91 Å². The van der Waals surface area contributed by atoms with Crippen LogP contribution in [0.15, 0.2) is 42.5 Å². The highest BCUT2D eigenvalue weighted by Crippen LogP contribution is 2.29. The molecule has 3 heterocycles. The second-order valence-electron chi connectivity index (χ2n) is 12.4. The molecule has 2 fully saturated rings. The van der Waals surface area contributed by atoms with Crippen molar-refractivity contribution in [3.05, 3.63) is 59.2 Å². The second kappa shape index (κ2) is 15.0. The lowest BCUT2D eigenvalue weighted by Gasteiger charge is -2.39. The Balaban J connectivity index is 1.27. The number of hydrogen-bond acceptors (Lipinski definition) is 5. The van der Waals surface area contributed by atoms with E-state index in [2.05, 4.69) is 40.1 Å². The van der Waals surface area contributed by atoms with Gasteiger partial charge >= 0.3 is 0 Å². The lowest BCUT2D eigenvalue weighted by atomic mass is 9.99. The minimum atomic E-state index is 0.123. The summed E-state index contributed by atoms with van der Waals surface area (Å²) in [5.74, 6) is 1.12. The fraction of sp³-hybridized carbons (Fsp3) is 0.600. The van der Waals surface area contributed by atoms with Crippen molar-refractivity contribution in [2.75, 3.05) is 51.3 Å². The maximum Gasteiger partial charge on any atom is 0.253 e. The summed E-state index contributed by atoms with van der Waals surface area (Å²) in [6, 6.07) is 14.8. The number of likely N-dealkylation sites (tertiary alicyclic amines) is 2. The molecule has 0 saturated carbocycles. The minimum absolute atomic E-state index is 0.123. The number of nitrogens with zero attached hydrogens (tertiary/aromatic N) is 4. The van der Waals surface area contributed by atoms with Gasteiger partial charge in [-0.25, -0.2) is 0 Å². The van der Waals surface area contributed by atoms with E-state index in [4.69, 9.17) is 4.74 Å². The average molecular weight is 575 g/mol. The van der Waals surface area contributed by atoms with Gasteiger partial charge in [0.25, 0.3) is 5.91 Å². The van der Waals surface area contributed by atoms with Crippen molar-refractivity contribution >= 4 is 17.5 Å². The maximum absolute atomic E-state index is 13.6. The topological polar surface area (TPSA) is 56.3 Å². The van der Waals surface area contributed by atoms with Gasteiger partial charge in [-0.05, 0) is 88.0 Å². The van der Waals surface area contributed by atoms with Gasteiger partial charge in [0.05, 0.1) is 7.11 Å². The first-order chi connectivity index (χ1) is 20.5. The van der Waals surface area contributed by atoms with Crippen molar-refractivity contribution in [3.63, 3.8) is 0 Å². The van der Waals surface area contributed by atoms with Crippen molar-refractivity contribution in [1.82, 2.24) is 14.7 Å². The van der Waals surface area contributed by atoms with Crippen LogP contribution in [-0.2, 0) is 17.9 Å². The zero-order valence-corrected chi connectivity index (χ0v) is 25.9. The van der Waals surface area contributed by atoms with Crippen LogP contribution in [0.25, 0.3) is 0 Å². The van der Waals surface area contributed by atoms with E-state index in [9.17, 15) is 9.59 Å². The number of amides is 2. The summed E-state index contributed by atoms with van der Waals surface area (Å²) in [5.41, 5.74) is 4.16. The van der Waals surface area contributed by atoms with Crippen molar-refractivity contribution in [2.24, 2.45) is 0 Å². The molecule has 0 atom stereocenters. The number of anilines is 1. The molecule has 0 aromatic heterocycles. The van der Waals surface area contributed by atoms with Gasteiger partial charge < -0.3 is 14.5 Å². The lowest BCUT2D eigenvalue weighted by molar-refractivity contribution is -0.116. The Hall–Kier alpha value is -2.90. The molecule has 0 spiro atoms. The van der Waals surface area contributed by atoms with Gasteiger partial charge in [-0.3, -0.25) is 19.4 Å². The Morgan fingerprint density at radius 2 is 1.48 bits per heavy atom. The summed E-state index contributed by atoms with van der Waals surface area (Å²) in [6.45, 7) is 9.00. The second-order valence-corrected chi connectivity index (χ2v) is 12.4. The Kier molecular flexibility index (Phi) is 10.9. The van der Waals surface area contributed by atoms with Crippen LogP contribution in [0.4, 0.5) is 5.69 Å². The summed E-state index contributed by atoms with van der Waals surface area (Å²) < 4.78 is 5.64. The smallest absolute Gasteiger partial charge is 0.253 e. The number of carbonyl (C=O) groups excluding carboxylic acids is 2. The molecule has 0 unspecified atom stereocenters. The summed E-state index contributed by atoms with van der Waals surface area (Å²) in [4.78, 5) is 35.4. The summed E-state index contributed by atoms with van der Waals surface area (Å²) in [7, 11) is 1.71. The third-order valence-corrected chi connectivity index (χ3v) is 9.50. The third kappa shape index (κ3) is 7.73. The van der Waals surface area contributed by atoms with Gasteiger partial charge in [-0.15, -0.1) is 0 Å². The highest BCUT2D eigenvalue weighted by Gasteiger charge is 2.29. The highest BCUT2D eigenvalue weighted by molar-refractivity contribution is 5.94. The quantitative estimate of drug-likeness (QED) is 0.432. The Morgan fingerprint density at radius 1 is 0.810 bits per heavy atom. The molecule has 0 aliphatic carbocycles. The number of rotatable bonds is 5. The van der Waals surface area contributed by atoms with Crippen LogP contribution in [-0.4, -0.2) is 78.9 Å². The van der Waals surface area contributed by atoms with Crippen molar-refractivity contribution in [1.29, 1.82) is 0 Å². The van der Waals surface area contributed by atoms with Gasteiger partial charge in [0.15, 0.2) is 0 Å². The van der Waals surface area contributed by atoms with E-state index in [0.717, 1.165) is 94.2 Å². The summed E-state index contributed by atoms with van der Waals surface area (Å²) in [5, 5.41) is 0. The molecule has 0 bridgehead atoms. The summed E-state index contributed by atoms with van der Waals surface area (Å²) in [6.07, 6.45) is 11.6. The number of fused-ring (bicyclic) bond motifs is 1. The van der Waals surface area contributed by atoms with E-state index in [1.807, 2.05) is 21.9 Å². The average Bonchev–Trinajstić information content (AvgIpc) is 3.53. The van der Waals surface area contributed by atoms with Gasteiger partial charge in [-0.1, -0.05) is 43.9 Å². The van der Waals surface area contributed by atoms with E-state index in [1.165, 1.54) is 50.5 Å². The Bertz CT molecular complexity index is 1190.